The molecule has 0 saturated carbocycles. The van der Waals surface area contributed by atoms with Crippen LogP contribution in [-0.4, -0.2) is 15.0 Å². The quantitative estimate of drug-likeness (QED) is 0.171. The Labute approximate surface area is 322 Å². The third kappa shape index (κ3) is 5.29. The number of hydrogen-bond donors (Lipinski definition) is 0. The minimum atomic E-state index is 0.598. The van der Waals surface area contributed by atoms with Crippen LogP contribution in [0, 0.1) is 0 Å². The van der Waals surface area contributed by atoms with Crippen molar-refractivity contribution in [3.63, 3.8) is 0 Å². The Morgan fingerprint density at radius 2 is 0.768 bits per heavy atom. The third-order valence-corrected chi connectivity index (χ3v) is 10.6. The average molecular weight is 718 g/mol. The number of benzene rings is 8. The van der Waals surface area contributed by atoms with Gasteiger partial charge >= 0.3 is 0 Å². The second-order valence-electron chi connectivity index (χ2n) is 13.9. The molecule has 3 aromatic heterocycles. The summed E-state index contributed by atoms with van der Waals surface area (Å²) in [5.74, 6) is 1.84. The van der Waals surface area contributed by atoms with Crippen molar-refractivity contribution >= 4 is 43.9 Å². The van der Waals surface area contributed by atoms with Gasteiger partial charge in [0.2, 0.25) is 0 Å². The van der Waals surface area contributed by atoms with Gasteiger partial charge in [-0.1, -0.05) is 164 Å². The van der Waals surface area contributed by atoms with Gasteiger partial charge in [-0.2, -0.15) is 0 Å². The molecule has 8 aromatic carbocycles. The van der Waals surface area contributed by atoms with Crippen molar-refractivity contribution < 1.29 is 8.83 Å². The molecule has 0 bridgehead atoms. The Balaban J connectivity index is 1.18. The first-order valence-corrected chi connectivity index (χ1v) is 18.7. The summed E-state index contributed by atoms with van der Waals surface area (Å²) in [7, 11) is 0. The summed E-state index contributed by atoms with van der Waals surface area (Å²) in [6.45, 7) is 0. The first-order valence-electron chi connectivity index (χ1n) is 18.7. The fourth-order valence-corrected chi connectivity index (χ4v) is 8.02. The summed E-state index contributed by atoms with van der Waals surface area (Å²) >= 11 is 0. The maximum absolute atomic E-state index is 6.65. The molecule has 0 radical (unpaired) electrons. The van der Waals surface area contributed by atoms with E-state index in [0.29, 0.717) is 17.5 Å². The monoisotopic (exact) mass is 717 g/mol. The lowest BCUT2D eigenvalue weighted by molar-refractivity contribution is 0.669. The molecular formula is C51H31N3O2. The third-order valence-electron chi connectivity index (χ3n) is 10.6. The fraction of sp³-hybridized carbons (Fsp3) is 0. The van der Waals surface area contributed by atoms with E-state index in [4.69, 9.17) is 23.8 Å². The summed E-state index contributed by atoms with van der Waals surface area (Å²) in [5.41, 5.74) is 12.5. The SMILES string of the molecule is c1ccc(-c2nc(-c3ccccc3)nc(-c3cccc(-c4c(-c5cccc6c5oc5ccccc56)cccc4-c4cccc5oc6ccccc6c45)c3)n2)cc1. The van der Waals surface area contributed by atoms with Gasteiger partial charge in [-0.25, -0.2) is 15.0 Å². The van der Waals surface area contributed by atoms with Crippen LogP contribution in [0.3, 0.4) is 0 Å². The van der Waals surface area contributed by atoms with Gasteiger partial charge in [-0.3, -0.25) is 0 Å². The van der Waals surface area contributed by atoms with E-state index in [0.717, 1.165) is 93.9 Å². The van der Waals surface area contributed by atoms with E-state index < -0.39 is 0 Å². The maximum Gasteiger partial charge on any atom is 0.164 e. The summed E-state index contributed by atoms with van der Waals surface area (Å²) in [5, 5.41) is 4.34. The van der Waals surface area contributed by atoms with Crippen molar-refractivity contribution in [2.24, 2.45) is 0 Å². The number of fused-ring (bicyclic) bond motifs is 6. The van der Waals surface area contributed by atoms with E-state index in [-0.39, 0.29) is 0 Å². The first-order chi connectivity index (χ1) is 27.8. The average Bonchev–Trinajstić information content (AvgIpc) is 3.86. The van der Waals surface area contributed by atoms with E-state index in [2.05, 4.69) is 97.1 Å². The molecule has 5 nitrogen and oxygen atoms in total. The van der Waals surface area contributed by atoms with Gasteiger partial charge < -0.3 is 8.83 Å². The highest BCUT2D eigenvalue weighted by molar-refractivity contribution is 6.16. The Hall–Kier alpha value is -7.63. The minimum Gasteiger partial charge on any atom is -0.456 e. The summed E-state index contributed by atoms with van der Waals surface area (Å²) in [4.78, 5) is 15.1. The lowest BCUT2D eigenvalue weighted by Crippen LogP contribution is -2.00. The maximum atomic E-state index is 6.65. The highest BCUT2D eigenvalue weighted by Gasteiger charge is 2.22. The van der Waals surface area contributed by atoms with Crippen LogP contribution in [0.25, 0.3) is 111 Å². The Morgan fingerprint density at radius 1 is 0.304 bits per heavy atom. The van der Waals surface area contributed by atoms with Crippen molar-refractivity contribution in [1.82, 2.24) is 15.0 Å². The van der Waals surface area contributed by atoms with Crippen LogP contribution in [0.2, 0.25) is 0 Å². The van der Waals surface area contributed by atoms with Crippen LogP contribution in [0.4, 0.5) is 0 Å². The number of rotatable bonds is 6. The number of para-hydroxylation sites is 3. The molecule has 0 N–H and O–H groups in total. The number of aromatic nitrogens is 3. The zero-order valence-electron chi connectivity index (χ0n) is 30.1. The molecule has 0 aliphatic rings. The van der Waals surface area contributed by atoms with Crippen LogP contribution >= 0.6 is 0 Å². The van der Waals surface area contributed by atoms with Crippen LogP contribution in [0.1, 0.15) is 0 Å². The summed E-state index contributed by atoms with van der Waals surface area (Å²) < 4.78 is 13.1. The van der Waals surface area contributed by atoms with Crippen LogP contribution in [0.15, 0.2) is 197 Å². The van der Waals surface area contributed by atoms with Gasteiger partial charge in [0.25, 0.3) is 0 Å². The van der Waals surface area contributed by atoms with Gasteiger partial charge in [0.05, 0.1) is 0 Å². The van der Waals surface area contributed by atoms with Crippen molar-refractivity contribution in [2.75, 3.05) is 0 Å². The van der Waals surface area contributed by atoms with Crippen molar-refractivity contribution in [1.29, 1.82) is 0 Å². The van der Waals surface area contributed by atoms with E-state index in [9.17, 15) is 0 Å². The standard InChI is InChI=1S/C51H31N3O2/c1-3-15-32(16-4-1)49-52-50(33-17-5-2-6-18-33)54-51(53-49)35-20-11-19-34(31-35)46-37(38-25-14-30-45-47(38)42-22-8-10-29-44(42)55-45)23-12-24-39(46)41-27-13-26-40-36-21-7-9-28-43(36)56-48(40)41/h1-31H. The van der Waals surface area contributed by atoms with E-state index in [1.807, 2.05) is 91.0 Å². The molecule has 11 rings (SSSR count). The van der Waals surface area contributed by atoms with Gasteiger partial charge in [-0.15, -0.1) is 0 Å². The van der Waals surface area contributed by atoms with Gasteiger partial charge in [0.15, 0.2) is 17.5 Å². The van der Waals surface area contributed by atoms with Crippen molar-refractivity contribution in [2.45, 2.75) is 0 Å². The van der Waals surface area contributed by atoms with Crippen molar-refractivity contribution in [3.05, 3.63) is 188 Å². The Kier molecular flexibility index (Phi) is 7.42. The molecule has 0 atom stereocenters. The highest BCUT2D eigenvalue weighted by atomic mass is 16.3. The van der Waals surface area contributed by atoms with Crippen LogP contribution < -0.4 is 0 Å². The molecule has 56 heavy (non-hydrogen) atoms. The molecule has 0 amide bonds. The predicted molar refractivity (Wildman–Crippen MR) is 227 cm³/mol. The largest absolute Gasteiger partial charge is 0.456 e. The topological polar surface area (TPSA) is 65.0 Å². The van der Waals surface area contributed by atoms with Crippen LogP contribution in [0.5, 0.6) is 0 Å². The number of hydrogen-bond acceptors (Lipinski definition) is 5. The van der Waals surface area contributed by atoms with Gasteiger partial charge in [0, 0.05) is 43.8 Å². The highest BCUT2D eigenvalue weighted by Crippen LogP contribution is 2.47. The lowest BCUT2D eigenvalue weighted by atomic mass is 9.85. The smallest absolute Gasteiger partial charge is 0.164 e. The molecule has 0 unspecified atom stereocenters. The molecule has 0 spiro atoms. The van der Waals surface area contributed by atoms with E-state index in [1.165, 1.54) is 0 Å². The van der Waals surface area contributed by atoms with E-state index >= 15 is 0 Å². The Bertz CT molecular complexity index is 3200. The number of nitrogens with zero attached hydrogens (tertiary/aromatic N) is 3. The Morgan fingerprint density at radius 3 is 1.50 bits per heavy atom. The predicted octanol–water partition coefficient (Wildman–Crippen LogP) is 13.7. The molecule has 3 heterocycles. The molecular weight excluding hydrogens is 687 g/mol. The second kappa shape index (κ2) is 13.0. The molecule has 0 fully saturated rings. The zero-order valence-corrected chi connectivity index (χ0v) is 30.1. The minimum absolute atomic E-state index is 0.598. The van der Waals surface area contributed by atoms with E-state index in [1.54, 1.807) is 0 Å². The molecule has 0 saturated heterocycles. The van der Waals surface area contributed by atoms with Crippen molar-refractivity contribution in [3.8, 4) is 67.5 Å². The molecule has 0 aliphatic carbocycles. The second-order valence-corrected chi connectivity index (χ2v) is 13.9. The summed E-state index contributed by atoms with van der Waals surface area (Å²) in [6, 6.07) is 64.5. The van der Waals surface area contributed by atoms with Gasteiger partial charge in [0.1, 0.15) is 22.3 Å². The molecule has 5 heteroatoms. The zero-order chi connectivity index (χ0) is 37.0. The summed E-state index contributed by atoms with van der Waals surface area (Å²) in [6.07, 6.45) is 0. The van der Waals surface area contributed by atoms with Crippen LogP contribution in [-0.2, 0) is 0 Å². The normalized spacial score (nSPS) is 11.6. The fourth-order valence-electron chi connectivity index (χ4n) is 8.02. The molecule has 11 aromatic rings. The lowest BCUT2D eigenvalue weighted by Gasteiger charge is -2.18. The van der Waals surface area contributed by atoms with Gasteiger partial charge in [-0.05, 0) is 52.1 Å². The first kappa shape index (κ1) is 31.9. The molecule has 262 valence electrons. The number of furan rings is 2. The molecule has 0 aliphatic heterocycles.